The van der Waals surface area contributed by atoms with Crippen LogP contribution in [-0.2, 0) is 5.41 Å². The van der Waals surface area contributed by atoms with Crippen LogP contribution in [0.3, 0.4) is 0 Å². The second-order valence-electron chi connectivity index (χ2n) is 11.8. The molecule has 2 heterocycles. The Morgan fingerprint density at radius 3 is 1.81 bits per heavy atom. The Hall–Kier alpha value is -5.59. The summed E-state index contributed by atoms with van der Waals surface area (Å²) in [6.45, 7) is 12.2. The zero-order valence-corrected chi connectivity index (χ0v) is 24.1. The van der Waals surface area contributed by atoms with Crippen LogP contribution in [0.2, 0.25) is 0 Å². The largest absolute Gasteiger partial charge is 0.310 e. The van der Waals surface area contributed by atoms with E-state index in [4.69, 9.17) is 6.57 Å². The van der Waals surface area contributed by atoms with Gasteiger partial charge in [-0.25, -0.2) is 4.85 Å². The molecule has 0 saturated carbocycles. The average molecular weight is 552 g/mol. The molecule has 0 bridgehead atoms. The van der Waals surface area contributed by atoms with Crippen molar-refractivity contribution in [2.45, 2.75) is 19.3 Å². The molecular weight excluding hydrogens is 522 g/mol. The fourth-order valence-electron chi connectivity index (χ4n) is 6.91. The Kier molecular flexibility index (Phi) is 5.54. The molecule has 0 atom stereocenters. The normalized spacial score (nSPS) is 13.5. The van der Waals surface area contributed by atoms with Gasteiger partial charge in [-0.15, -0.1) is 0 Å². The van der Waals surface area contributed by atoms with E-state index in [9.17, 15) is 0 Å². The fraction of sp³-hybridized carbons (Fsp3) is 0.0750. The van der Waals surface area contributed by atoms with Crippen LogP contribution < -0.4 is 4.90 Å². The van der Waals surface area contributed by atoms with Crippen LogP contribution in [0.1, 0.15) is 25.0 Å². The lowest BCUT2D eigenvalue weighted by molar-refractivity contribution is 0.632. The van der Waals surface area contributed by atoms with Crippen molar-refractivity contribution < 1.29 is 0 Å². The zero-order chi connectivity index (χ0) is 29.1. The van der Waals surface area contributed by atoms with Gasteiger partial charge in [-0.2, -0.15) is 0 Å². The van der Waals surface area contributed by atoms with Gasteiger partial charge in [0.15, 0.2) is 5.69 Å². The minimum atomic E-state index is -0.0898. The molecule has 1 aromatic heterocycles. The summed E-state index contributed by atoms with van der Waals surface area (Å²) in [6, 6.07) is 49.6. The Bertz CT molecular complexity index is 2200. The number of aromatic nitrogens is 1. The Balaban J connectivity index is 1.28. The molecule has 0 N–H and O–H groups in total. The first-order valence-corrected chi connectivity index (χ1v) is 14.7. The van der Waals surface area contributed by atoms with Gasteiger partial charge in [0.05, 0.1) is 29.0 Å². The van der Waals surface area contributed by atoms with E-state index in [0.717, 1.165) is 44.3 Å². The van der Waals surface area contributed by atoms with Crippen LogP contribution in [0.15, 0.2) is 140 Å². The van der Waals surface area contributed by atoms with Crippen LogP contribution >= 0.6 is 0 Å². The van der Waals surface area contributed by atoms with Crippen molar-refractivity contribution in [2.75, 3.05) is 4.90 Å². The van der Waals surface area contributed by atoms with E-state index in [1.807, 2.05) is 12.1 Å². The minimum absolute atomic E-state index is 0.0898. The number of benzene rings is 6. The summed E-state index contributed by atoms with van der Waals surface area (Å²) in [5.41, 5.74) is 12.5. The van der Waals surface area contributed by atoms with Crippen molar-refractivity contribution in [3.8, 4) is 16.8 Å². The molecule has 0 spiro atoms. The van der Waals surface area contributed by atoms with Gasteiger partial charge in [0.2, 0.25) is 0 Å². The number of para-hydroxylation sites is 3. The second kappa shape index (κ2) is 9.48. The highest BCUT2D eigenvalue weighted by Crippen LogP contribution is 2.51. The van der Waals surface area contributed by atoms with Crippen molar-refractivity contribution >= 4 is 44.6 Å². The van der Waals surface area contributed by atoms with E-state index in [1.165, 1.54) is 22.5 Å². The highest BCUT2D eigenvalue weighted by molar-refractivity contribution is 6.10. The lowest BCUT2D eigenvalue weighted by Crippen LogP contribution is -2.30. The molecule has 6 aromatic carbocycles. The molecule has 7 aromatic rings. The van der Waals surface area contributed by atoms with E-state index >= 15 is 0 Å². The maximum Gasteiger partial charge on any atom is 0.188 e. The third kappa shape index (κ3) is 3.81. The van der Waals surface area contributed by atoms with E-state index in [0.29, 0.717) is 5.69 Å². The van der Waals surface area contributed by atoms with Gasteiger partial charge < -0.3 is 9.47 Å². The van der Waals surface area contributed by atoms with Crippen LogP contribution in [0.25, 0.3) is 43.5 Å². The summed E-state index contributed by atoms with van der Waals surface area (Å²) in [5.74, 6) is 0. The summed E-state index contributed by atoms with van der Waals surface area (Å²) in [5, 5.41) is 2.25. The van der Waals surface area contributed by atoms with Crippen molar-refractivity contribution in [3.05, 3.63) is 162 Å². The minimum Gasteiger partial charge on any atom is -0.310 e. The van der Waals surface area contributed by atoms with Crippen LogP contribution in [-0.4, -0.2) is 4.57 Å². The zero-order valence-electron chi connectivity index (χ0n) is 24.1. The third-order valence-corrected chi connectivity index (χ3v) is 8.96. The van der Waals surface area contributed by atoms with Crippen LogP contribution in [0, 0.1) is 6.57 Å². The quantitative estimate of drug-likeness (QED) is 0.199. The highest BCUT2D eigenvalue weighted by Gasteiger charge is 2.36. The molecule has 43 heavy (non-hydrogen) atoms. The highest BCUT2D eigenvalue weighted by atomic mass is 15.2. The maximum atomic E-state index is 7.53. The van der Waals surface area contributed by atoms with Gasteiger partial charge in [0.1, 0.15) is 0 Å². The summed E-state index contributed by atoms with van der Waals surface area (Å²) < 4.78 is 2.31. The van der Waals surface area contributed by atoms with Crippen LogP contribution in [0.4, 0.5) is 22.7 Å². The number of nitrogens with zero attached hydrogens (tertiary/aromatic N) is 3. The first-order chi connectivity index (χ1) is 21.0. The van der Waals surface area contributed by atoms with Gasteiger partial charge >= 0.3 is 0 Å². The number of hydrogen-bond donors (Lipinski definition) is 0. The van der Waals surface area contributed by atoms with E-state index in [-0.39, 0.29) is 5.41 Å². The van der Waals surface area contributed by atoms with Crippen LogP contribution in [0.5, 0.6) is 0 Å². The smallest absolute Gasteiger partial charge is 0.188 e. The SMILES string of the molecule is [C-]#[N+]c1ccc2c(c1)c1ccccc1n2-c1cccc(-c2cccc(N3c4ccccc4C(C)(C)c4ccccc43)c2)c1. The molecule has 0 unspecified atom stereocenters. The predicted molar refractivity (Wildman–Crippen MR) is 179 cm³/mol. The fourth-order valence-corrected chi connectivity index (χ4v) is 6.91. The molecule has 0 radical (unpaired) electrons. The van der Waals surface area contributed by atoms with E-state index < -0.39 is 0 Å². The number of fused-ring (bicyclic) bond motifs is 5. The first kappa shape index (κ1) is 25.1. The lowest BCUT2D eigenvalue weighted by atomic mass is 9.73. The van der Waals surface area contributed by atoms with Gasteiger partial charge in [0.25, 0.3) is 0 Å². The maximum absolute atomic E-state index is 7.53. The second-order valence-corrected chi connectivity index (χ2v) is 11.8. The monoisotopic (exact) mass is 551 g/mol. The number of hydrogen-bond acceptors (Lipinski definition) is 1. The average Bonchev–Trinajstić information content (AvgIpc) is 3.39. The van der Waals surface area contributed by atoms with E-state index in [2.05, 4.69) is 156 Å². The summed E-state index contributed by atoms with van der Waals surface area (Å²) >= 11 is 0. The Morgan fingerprint density at radius 1 is 0.535 bits per heavy atom. The molecule has 1 aliphatic rings. The van der Waals surface area contributed by atoms with Gasteiger partial charge in [-0.05, 0) is 82.2 Å². The summed E-state index contributed by atoms with van der Waals surface area (Å²) in [7, 11) is 0. The molecule has 204 valence electrons. The number of anilines is 3. The van der Waals surface area contributed by atoms with Gasteiger partial charge in [-0.1, -0.05) is 98.8 Å². The molecule has 0 saturated heterocycles. The predicted octanol–water partition coefficient (Wildman–Crippen LogP) is 11.1. The lowest BCUT2D eigenvalue weighted by Gasteiger charge is -2.42. The van der Waals surface area contributed by atoms with Crippen molar-refractivity contribution in [1.82, 2.24) is 4.57 Å². The standard InChI is InChI=1S/C40H29N3/c1-40(2)34-17-5-8-20-38(34)43(39-21-9-6-18-35(39)40)31-15-11-13-28(25-31)27-12-10-14-30(24-27)42-36-19-7-4-16-32(36)33-26-29(41-3)22-23-37(33)42/h4-26H,1-2H3. The molecule has 3 nitrogen and oxygen atoms in total. The van der Waals surface area contributed by atoms with E-state index in [1.54, 1.807) is 0 Å². The molecule has 1 aliphatic heterocycles. The first-order valence-electron chi connectivity index (χ1n) is 14.7. The van der Waals surface area contributed by atoms with Crippen molar-refractivity contribution in [2.24, 2.45) is 0 Å². The third-order valence-electron chi connectivity index (χ3n) is 8.96. The molecular formula is C40H29N3. The molecule has 8 rings (SSSR count). The van der Waals surface area contributed by atoms with Gasteiger partial charge in [0, 0.05) is 22.2 Å². The molecule has 0 aliphatic carbocycles. The Labute approximate surface area is 251 Å². The molecule has 0 fully saturated rings. The molecule has 3 heteroatoms. The van der Waals surface area contributed by atoms with Crippen molar-refractivity contribution in [3.63, 3.8) is 0 Å². The number of rotatable bonds is 3. The summed E-state index contributed by atoms with van der Waals surface area (Å²) in [6.07, 6.45) is 0. The van der Waals surface area contributed by atoms with Crippen molar-refractivity contribution in [1.29, 1.82) is 0 Å². The summed E-state index contributed by atoms with van der Waals surface area (Å²) in [4.78, 5) is 6.09. The van der Waals surface area contributed by atoms with Gasteiger partial charge in [-0.3, -0.25) is 0 Å². The Morgan fingerprint density at radius 2 is 1.12 bits per heavy atom. The topological polar surface area (TPSA) is 12.5 Å². The molecule has 0 amide bonds.